The van der Waals surface area contributed by atoms with Crippen LogP contribution in [-0.4, -0.2) is 53.8 Å². The van der Waals surface area contributed by atoms with Gasteiger partial charge in [-0.05, 0) is 61.1 Å². The molecule has 2 aromatic rings. The number of fused-ring (bicyclic) bond motifs is 2. The maximum absolute atomic E-state index is 14.7. The minimum atomic E-state index is -0.308. The molecule has 2 aromatic carbocycles. The molecular weight excluding hydrogens is 470 g/mol. The van der Waals surface area contributed by atoms with Crippen molar-refractivity contribution in [2.24, 2.45) is 11.8 Å². The summed E-state index contributed by atoms with van der Waals surface area (Å²) in [6.45, 7) is 7.64. The van der Waals surface area contributed by atoms with E-state index in [4.69, 9.17) is 0 Å². The number of aryl methyl sites for hydroxylation is 1. The summed E-state index contributed by atoms with van der Waals surface area (Å²) in [5.74, 6) is 1.50. The maximum atomic E-state index is 14.7. The minimum Gasteiger partial charge on any atom is -0.345 e. The fraction of sp³-hybridized carbons (Fsp3) is 0.576. The number of carbonyl (C=O) groups excluding carboxylic acids is 2. The van der Waals surface area contributed by atoms with Crippen LogP contribution in [0.15, 0.2) is 48.5 Å². The van der Waals surface area contributed by atoms with Gasteiger partial charge in [0.2, 0.25) is 11.8 Å². The Kier molecular flexibility index (Phi) is 7.07. The Morgan fingerprint density at radius 3 is 2.55 bits per heavy atom. The molecule has 5 heteroatoms. The minimum absolute atomic E-state index is 0.0922. The van der Waals surface area contributed by atoms with E-state index < -0.39 is 0 Å². The van der Waals surface area contributed by atoms with E-state index in [0.717, 1.165) is 32.5 Å². The van der Waals surface area contributed by atoms with E-state index in [-0.39, 0.29) is 17.2 Å². The van der Waals surface area contributed by atoms with Gasteiger partial charge in [0, 0.05) is 32.6 Å². The van der Waals surface area contributed by atoms with Crippen LogP contribution in [0.25, 0.3) is 0 Å². The second kappa shape index (κ2) is 10.5. The Morgan fingerprint density at radius 1 is 1.00 bits per heavy atom. The number of nitrogens with two attached hydrogens (primary N) is 1. The highest BCUT2D eigenvalue weighted by molar-refractivity contribution is 5.83. The molecule has 2 N–H and O–H groups in total. The summed E-state index contributed by atoms with van der Waals surface area (Å²) in [5, 5.41) is 2.34. The van der Waals surface area contributed by atoms with Gasteiger partial charge in [-0.1, -0.05) is 73.4 Å². The molecule has 2 amide bonds. The first kappa shape index (κ1) is 25.6. The maximum Gasteiger partial charge on any atom is 0.232 e. The van der Waals surface area contributed by atoms with Crippen molar-refractivity contribution in [3.8, 4) is 0 Å². The molecular formula is C33H44N3O2+. The third-order valence-electron chi connectivity index (χ3n) is 10.3. The van der Waals surface area contributed by atoms with E-state index in [1.54, 1.807) is 6.92 Å². The number of rotatable bonds is 3. The number of benzene rings is 2. The zero-order valence-electron chi connectivity index (χ0n) is 23.2. The Morgan fingerprint density at radius 2 is 1.79 bits per heavy atom. The number of carbonyl (C=O) groups is 2. The van der Waals surface area contributed by atoms with Gasteiger partial charge in [-0.15, -0.1) is 0 Å². The first-order valence-electron chi connectivity index (χ1n) is 15.0. The van der Waals surface area contributed by atoms with E-state index >= 15 is 0 Å². The van der Waals surface area contributed by atoms with Gasteiger partial charge >= 0.3 is 0 Å². The van der Waals surface area contributed by atoms with Crippen LogP contribution in [0.3, 0.4) is 0 Å². The second-order valence-corrected chi connectivity index (χ2v) is 12.6. The van der Waals surface area contributed by atoms with Crippen molar-refractivity contribution in [1.29, 1.82) is 0 Å². The fourth-order valence-corrected chi connectivity index (χ4v) is 8.40. The van der Waals surface area contributed by atoms with Gasteiger partial charge in [-0.25, -0.2) is 0 Å². The molecule has 1 spiro atoms. The van der Waals surface area contributed by atoms with Crippen molar-refractivity contribution in [1.82, 2.24) is 9.80 Å². The molecule has 6 rings (SSSR count). The Balaban J connectivity index is 1.33. The molecule has 1 unspecified atom stereocenters. The van der Waals surface area contributed by atoms with Crippen LogP contribution in [-0.2, 0) is 21.5 Å². The molecule has 5 nitrogen and oxygen atoms in total. The second-order valence-electron chi connectivity index (χ2n) is 12.6. The van der Waals surface area contributed by atoms with Crippen LogP contribution in [0.1, 0.15) is 80.0 Å². The first-order valence-corrected chi connectivity index (χ1v) is 15.0. The van der Waals surface area contributed by atoms with E-state index in [9.17, 15) is 9.59 Å². The van der Waals surface area contributed by atoms with Crippen LogP contribution >= 0.6 is 0 Å². The molecule has 3 aliphatic heterocycles. The topological polar surface area (TPSA) is 57.2 Å². The summed E-state index contributed by atoms with van der Waals surface area (Å²) in [5.41, 5.74) is 4.87. The molecule has 0 bridgehead atoms. The SMILES string of the molecule is CC(=O)N1Cc2cc(C)ccc2[C@@]2(C[NH2+]CC2C(=O)N2CC[C@@H](c3ccccc3)C[C@H]2C2CCCCC2)C1. The molecule has 3 heterocycles. The number of hydrogen-bond donors (Lipinski definition) is 1. The zero-order valence-corrected chi connectivity index (χ0v) is 23.2. The van der Waals surface area contributed by atoms with Gasteiger partial charge < -0.3 is 15.1 Å². The summed E-state index contributed by atoms with van der Waals surface area (Å²) in [6.07, 6.45) is 8.53. The quantitative estimate of drug-likeness (QED) is 0.669. The van der Waals surface area contributed by atoms with Crippen LogP contribution in [0.4, 0.5) is 0 Å². The van der Waals surface area contributed by atoms with Crippen molar-refractivity contribution >= 4 is 11.8 Å². The van der Waals surface area contributed by atoms with Crippen molar-refractivity contribution in [3.05, 3.63) is 70.8 Å². The number of quaternary nitrogens is 1. The summed E-state index contributed by atoms with van der Waals surface area (Å²) >= 11 is 0. The number of amides is 2. The fourth-order valence-electron chi connectivity index (χ4n) is 8.40. The standard InChI is InChI=1S/C33H43N3O2/c1-23-13-14-29-28(17-23)20-35(24(2)37)22-33(29)21-34-19-30(33)32(38)36-16-15-27(25-9-5-3-6-10-25)18-31(36)26-11-7-4-8-12-26/h3,5-6,9-10,13-14,17,26-27,30-31,34H,4,7-8,11-12,15-16,18-22H2,1-2H3/p+1/t27-,30?,31+,33-/m1/s1. The molecule has 4 aliphatic rings. The zero-order chi connectivity index (χ0) is 26.3. The molecule has 1 aliphatic carbocycles. The predicted octanol–water partition coefficient (Wildman–Crippen LogP) is 4.14. The first-order chi connectivity index (χ1) is 18.5. The predicted molar refractivity (Wildman–Crippen MR) is 150 cm³/mol. The smallest absolute Gasteiger partial charge is 0.232 e. The van der Waals surface area contributed by atoms with Crippen LogP contribution in [0.2, 0.25) is 0 Å². The third kappa shape index (κ3) is 4.57. The largest absolute Gasteiger partial charge is 0.345 e. The molecule has 0 radical (unpaired) electrons. The van der Waals surface area contributed by atoms with Gasteiger partial charge in [0.05, 0.1) is 18.5 Å². The van der Waals surface area contributed by atoms with Crippen LogP contribution in [0, 0.1) is 18.8 Å². The van der Waals surface area contributed by atoms with Gasteiger partial charge in [0.1, 0.15) is 5.92 Å². The lowest BCUT2D eigenvalue weighted by Gasteiger charge is -2.48. The molecule has 1 saturated carbocycles. The molecule has 3 fully saturated rings. The van der Waals surface area contributed by atoms with E-state index in [1.807, 2.05) is 4.90 Å². The average molecular weight is 515 g/mol. The lowest BCUT2D eigenvalue weighted by atomic mass is 9.67. The third-order valence-corrected chi connectivity index (χ3v) is 10.3. The summed E-state index contributed by atoms with van der Waals surface area (Å²) in [4.78, 5) is 31.7. The van der Waals surface area contributed by atoms with E-state index in [1.165, 1.54) is 54.4 Å². The Hall–Kier alpha value is -2.66. The van der Waals surface area contributed by atoms with E-state index in [2.05, 4.69) is 65.7 Å². The van der Waals surface area contributed by atoms with Crippen molar-refractivity contribution in [2.75, 3.05) is 26.2 Å². The molecule has 38 heavy (non-hydrogen) atoms. The normalized spacial score (nSPS) is 29.9. The van der Waals surface area contributed by atoms with Gasteiger partial charge in [0.25, 0.3) is 0 Å². The number of piperidine rings is 1. The summed E-state index contributed by atoms with van der Waals surface area (Å²) in [6, 6.07) is 18.0. The van der Waals surface area contributed by atoms with Gasteiger partial charge in [-0.3, -0.25) is 9.59 Å². The highest BCUT2D eigenvalue weighted by atomic mass is 16.2. The Bertz CT molecular complexity index is 1170. The van der Waals surface area contributed by atoms with Crippen molar-refractivity contribution in [3.63, 3.8) is 0 Å². The average Bonchev–Trinajstić information content (AvgIpc) is 3.36. The number of hydrogen-bond acceptors (Lipinski definition) is 2. The molecule has 0 aromatic heterocycles. The Labute approximate surface area is 228 Å². The monoisotopic (exact) mass is 514 g/mol. The molecule has 2 saturated heterocycles. The van der Waals surface area contributed by atoms with Crippen LogP contribution < -0.4 is 5.32 Å². The molecule has 4 atom stereocenters. The van der Waals surface area contributed by atoms with Gasteiger partial charge in [0.15, 0.2) is 0 Å². The van der Waals surface area contributed by atoms with E-state index in [0.29, 0.717) is 36.9 Å². The van der Waals surface area contributed by atoms with Crippen LogP contribution in [0.5, 0.6) is 0 Å². The lowest BCUT2D eigenvalue weighted by molar-refractivity contribution is -0.640. The highest BCUT2D eigenvalue weighted by Crippen LogP contribution is 2.44. The number of nitrogens with zero attached hydrogens (tertiary/aromatic N) is 2. The summed E-state index contributed by atoms with van der Waals surface area (Å²) in [7, 11) is 0. The van der Waals surface area contributed by atoms with Crippen molar-refractivity contribution in [2.45, 2.75) is 82.7 Å². The van der Waals surface area contributed by atoms with Gasteiger partial charge in [-0.2, -0.15) is 0 Å². The number of likely N-dealkylation sites (tertiary alicyclic amines) is 1. The van der Waals surface area contributed by atoms with Crippen molar-refractivity contribution < 1.29 is 14.9 Å². The highest BCUT2D eigenvalue weighted by Gasteiger charge is 2.57. The lowest BCUT2D eigenvalue weighted by Crippen LogP contribution is -2.83. The molecule has 202 valence electrons. The summed E-state index contributed by atoms with van der Waals surface area (Å²) < 4.78 is 0.